The molecule has 4 heteroatoms. The molecule has 1 aliphatic carbocycles. The lowest BCUT2D eigenvalue weighted by Crippen LogP contribution is -2.32. The highest BCUT2D eigenvalue weighted by molar-refractivity contribution is 7.10. The summed E-state index contributed by atoms with van der Waals surface area (Å²) in [6.07, 6.45) is 4.85. The minimum absolute atomic E-state index is 0.0604. The summed E-state index contributed by atoms with van der Waals surface area (Å²) in [6.45, 7) is 0. The molecule has 112 valence electrons. The Bertz CT molecular complexity index is 664. The average molecular weight is 310 g/mol. The quantitative estimate of drug-likeness (QED) is 0.916. The van der Waals surface area contributed by atoms with Gasteiger partial charge in [0.15, 0.2) is 0 Å². The van der Waals surface area contributed by atoms with Crippen LogP contribution in [-0.4, -0.2) is 5.91 Å². The zero-order valence-corrected chi connectivity index (χ0v) is 13.1. The number of carbonyl (C=O) groups excluding carboxylic acids is 1. The molecule has 1 aromatic carbocycles. The van der Waals surface area contributed by atoms with Crippen molar-refractivity contribution >= 4 is 17.2 Å². The molecule has 0 saturated heterocycles. The van der Waals surface area contributed by atoms with E-state index in [2.05, 4.69) is 22.8 Å². The summed E-state index contributed by atoms with van der Waals surface area (Å²) in [5.41, 5.74) is 1.18. The molecule has 0 bridgehead atoms. The molecule has 2 aromatic rings. The first-order valence-electron chi connectivity index (χ1n) is 7.62. The number of carbonyl (C=O) groups is 1. The van der Waals surface area contributed by atoms with Crippen LogP contribution in [0, 0.1) is 17.2 Å². The lowest BCUT2D eigenvalue weighted by atomic mass is 9.96. The van der Waals surface area contributed by atoms with E-state index in [1.165, 1.54) is 30.6 Å². The van der Waals surface area contributed by atoms with E-state index in [4.69, 9.17) is 5.26 Å². The molecule has 1 unspecified atom stereocenters. The van der Waals surface area contributed by atoms with Gasteiger partial charge in [-0.1, -0.05) is 18.9 Å². The van der Waals surface area contributed by atoms with Crippen LogP contribution in [0.5, 0.6) is 0 Å². The first-order valence-corrected chi connectivity index (χ1v) is 8.50. The highest BCUT2D eigenvalue weighted by atomic mass is 32.1. The number of nitriles is 1. The molecule has 1 aromatic heterocycles. The third-order valence-electron chi connectivity index (χ3n) is 4.28. The second-order valence-electron chi connectivity index (χ2n) is 5.70. The van der Waals surface area contributed by atoms with Gasteiger partial charge in [0.05, 0.1) is 17.7 Å². The molecule has 22 heavy (non-hydrogen) atoms. The van der Waals surface area contributed by atoms with Gasteiger partial charge in [-0.05, 0) is 54.5 Å². The Kier molecular flexibility index (Phi) is 4.55. The number of hydrogen-bond donors (Lipinski definition) is 1. The van der Waals surface area contributed by atoms with Gasteiger partial charge < -0.3 is 5.32 Å². The number of hydrogen-bond acceptors (Lipinski definition) is 3. The maximum absolute atomic E-state index is 12.5. The Hall–Kier alpha value is -2.12. The van der Waals surface area contributed by atoms with Gasteiger partial charge in [-0.15, -0.1) is 11.3 Å². The van der Waals surface area contributed by atoms with E-state index >= 15 is 0 Å². The summed E-state index contributed by atoms with van der Waals surface area (Å²) in [5.74, 6) is 0.468. The molecule has 3 rings (SSSR count). The average Bonchev–Trinajstić information content (AvgIpc) is 3.26. The van der Waals surface area contributed by atoms with Crippen molar-refractivity contribution in [3.05, 3.63) is 57.8 Å². The molecule has 1 saturated carbocycles. The third-order valence-corrected chi connectivity index (χ3v) is 5.24. The van der Waals surface area contributed by atoms with E-state index in [0.717, 1.165) is 0 Å². The van der Waals surface area contributed by atoms with Crippen LogP contribution < -0.4 is 5.32 Å². The smallest absolute Gasteiger partial charge is 0.251 e. The van der Waals surface area contributed by atoms with E-state index in [1.807, 2.05) is 6.07 Å². The van der Waals surface area contributed by atoms with Crippen LogP contribution in [0.2, 0.25) is 0 Å². The van der Waals surface area contributed by atoms with Crippen molar-refractivity contribution in [3.8, 4) is 6.07 Å². The highest BCUT2D eigenvalue weighted by Gasteiger charge is 2.28. The van der Waals surface area contributed by atoms with Crippen molar-refractivity contribution < 1.29 is 4.79 Å². The number of amides is 1. The molecular formula is C18H18N2OS. The minimum atomic E-state index is -0.0604. The van der Waals surface area contributed by atoms with E-state index in [-0.39, 0.29) is 11.9 Å². The normalized spacial score (nSPS) is 16.1. The van der Waals surface area contributed by atoms with Crippen molar-refractivity contribution in [2.24, 2.45) is 5.92 Å². The van der Waals surface area contributed by atoms with Gasteiger partial charge in [0.2, 0.25) is 0 Å². The van der Waals surface area contributed by atoms with Gasteiger partial charge >= 0.3 is 0 Å². The van der Waals surface area contributed by atoms with Gasteiger partial charge in [-0.2, -0.15) is 5.26 Å². The fourth-order valence-electron chi connectivity index (χ4n) is 3.10. The monoisotopic (exact) mass is 310 g/mol. The molecule has 1 fully saturated rings. The van der Waals surface area contributed by atoms with Crippen LogP contribution in [0.4, 0.5) is 0 Å². The fraction of sp³-hybridized carbons (Fsp3) is 0.333. The van der Waals surface area contributed by atoms with Crippen molar-refractivity contribution in [2.75, 3.05) is 0 Å². The van der Waals surface area contributed by atoms with Gasteiger partial charge in [0, 0.05) is 10.4 Å². The summed E-state index contributed by atoms with van der Waals surface area (Å²) < 4.78 is 0. The largest absolute Gasteiger partial charge is 0.344 e. The van der Waals surface area contributed by atoms with Crippen molar-refractivity contribution in [3.63, 3.8) is 0 Å². The highest BCUT2D eigenvalue weighted by Crippen LogP contribution is 2.37. The zero-order valence-electron chi connectivity index (χ0n) is 12.3. The zero-order chi connectivity index (χ0) is 15.4. The lowest BCUT2D eigenvalue weighted by Gasteiger charge is -2.23. The Morgan fingerprint density at radius 1 is 1.23 bits per heavy atom. The Morgan fingerprint density at radius 2 is 1.95 bits per heavy atom. The second-order valence-corrected chi connectivity index (χ2v) is 6.68. The first kappa shape index (κ1) is 14.8. The second kappa shape index (κ2) is 6.76. The Balaban J connectivity index is 1.77. The van der Waals surface area contributed by atoms with Crippen LogP contribution in [0.3, 0.4) is 0 Å². The maximum atomic E-state index is 12.5. The van der Waals surface area contributed by atoms with Crippen LogP contribution in [0.25, 0.3) is 0 Å². The third kappa shape index (κ3) is 3.20. The van der Waals surface area contributed by atoms with E-state index in [9.17, 15) is 4.79 Å². The molecule has 3 nitrogen and oxygen atoms in total. The van der Waals surface area contributed by atoms with Gasteiger partial charge in [0.1, 0.15) is 0 Å². The number of nitrogens with one attached hydrogen (secondary N) is 1. The molecular weight excluding hydrogens is 292 g/mol. The Labute approximate surface area is 134 Å². The lowest BCUT2D eigenvalue weighted by molar-refractivity contribution is 0.0923. The summed E-state index contributed by atoms with van der Waals surface area (Å²) >= 11 is 1.70. The van der Waals surface area contributed by atoms with E-state index in [1.54, 1.807) is 35.6 Å². The van der Waals surface area contributed by atoms with Crippen LogP contribution in [0.1, 0.15) is 52.5 Å². The van der Waals surface area contributed by atoms with Gasteiger partial charge in [-0.25, -0.2) is 0 Å². The van der Waals surface area contributed by atoms with Crippen molar-refractivity contribution in [1.29, 1.82) is 5.26 Å². The number of thiophene rings is 1. The first-order chi connectivity index (χ1) is 10.8. The predicted molar refractivity (Wildman–Crippen MR) is 87.6 cm³/mol. The molecule has 0 radical (unpaired) electrons. The van der Waals surface area contributed by atoms with Crippen molar-refractivity contribution in [1.82, 2.24) is 5.32 Å². The van der Waals surface area contributed by atoms with Gasteiger partial charge in [0.25, 0.3) is 5.91 Å². The molecule has 0 aliphatic heterocycles. The molecule has 1 heterocycles. The standard InChI is InChI=1S/C18H18N2OS/c19-12-13-7-9-15(10-8-13)18(21)20-17(14-4-1-2-5-14)16-6-3-11-22-16/h3,6-11,14,17H,1-2,4-5H2,(H,20,21). The number of rotatable bonds is 4. The topological polar surface area (TPSA) is 52.9 Å². The van der Waals surface area contributed by atoms with E-state index < -0.39 is 0 Å². The van der Waals surface area contributed by atoms with Crippen LogP contribution >= 0.6 is 11.3 Å². The molecule has 1 amide bonds. The number of nitrogens with zero attached hydrogens (tertiary/aromatic N) is 1. The van der Waals surface area contributed by atoms with Gasteiger partial charge in [-0.3, -0.25) is 4.79 Å². The minimum Gasteiger partial charge on any atom is -0.344 e. The van der Waals surface area contributed by atoms with Crippen molar-refractivity contribution in [2.45, 2.75) is 31.7 Å². The number of benzene rings is 1. The molecule has 1 aliphatic rings. The van der Waals surface area contributed by atoms with Crippen LogP contribution in [0.15, 0.2) is 41.8 Å². The maximum Gasteiger partial charge on any atom is 0.251 e. The summed E-state index contributed by atoms with van der Waals surface area (Å²) in [5, 5.41) is 14.1. The SMILES string of the molecule is N#Cc1ccc(C(=O)NC(c2cccs2)C2CCCC2)cc1. The fourth-order valence-corrected chi connectivity index (χ4v) is 3.97. The summed E-state index contributed by atoms with van der Waals surface area (Å²) in [4.78, 5) is 13.7. The Morgan fingerprint density at radius 3 is 2.55 bits per heavy atom. The van der Waals surface area contributed by atoms with E-state index in [0.29, 0.717) is 17.0 Å². The predicted octanol–water partition coefficient (Wildman–Crippen LogP) is 4.28. The summed E-state index contributed by atoms with van der Waals surface area (Å²) in [6, 6.07) is 13.1. The molecule has 1 N–H and O–H groups in total. The molecule has 1 atom stereocenters. The van der Waals surface area contributed by atoms with Crippen LogP contribution in [-0.2, 0) is 0 Å². The summed E-state index contributed by atoms with van der Waals surface area (Å²) in [7, 11) is 0. The molecule has 0 spiro atoms.